The predicted molar refractivity (Wildman–Crippen MR) is 142 cm³/mol. The van der Waals surface area contributed by atoms with Crippen LogP contribution >= 0.6 is 11.6 Å². The lowest BCUT2D eigenvalue weighted by Gasteiger charge is -2.16. The fourth-order valence-corrected chi connectivity index (χ4v) is 5.11. The second-order valence-electron chi connectivity index (χ2n) is 8.56. The van der Waals surface area contributed by atoms with Gasteiger partial charge in [0.05, 0.1) is 29.6 Å². The van der Waals surface area contributed by atoms with Crippen LogP contribution in [0, 0.1) is 0 Å². The fraction of sp³-hybridized carbons (Fsp3) is 0.0323. The molecule has 0 atom stereocenters. The highest BCUT2D eigenvalue weighted by Gasteiger charge is 2.39. The molecule has 4 nitrogen and oxygen atoms in total. The standard InChI is InChI=1S/C31H20ClNO3/c1-36-23-16-14-20(15-17-23)29-27-26(30(34)24-12-5-6-13-25(24)31(27)35)28(19-8-3-2-4-9-19)33(29)22-11-7-10-21(32)18-22/h2-18H,1H3. The number of hydrogen-bond donors (Lipinski definition) is 0. The SMILES string of the molecule is COc1ccc(-c2c3c(c(-c4ccccc4)n2-c2cccc(Cl)c2)C(=O)c2ccccc2C3=O)cc1. The molecule has 0 radical (unpaired) electrons. The summed E-state index contributed by atoms with van der Waals surface area (Å²) in [6.45, 7) is 0. The summed E-state index contributed by atoms with van der Waals surface area (Å²) in [5, 5.41) is 0.555. The van der Waals surface area contributed by atoms with Gasteiger partial charge in [0.15, 0.2) is 11.6 Å². The number of carbonyl (C=O) groups excluding carboxylic acids is 2. The molecule has 0 unspecified atom stereocenters. The number of methoxy groups -OCH3 is 1. The highest BCUT2D eigenvalue weighted by molar-refractivity contribution is 6.33. The summed E-state index contributed by atoms with van der Waals surface area (Å²) in [6, 6.07) is 31.6. The first kappa shape index (κ1) is 22.1. The van der Waals surface area contributed by atoms with Crippen LogP contribution in [0.15, 0.2) is 103 Å². The van der Waals surface area contributed by atoms with E-state index in [1.807, 2.05) is 77.4 Å². The quantitative estimate of drug-likeness (QED) is 0.262. The van der Waals surface area contributed by atoms with Gasteiger partial charge < -0.3 is 9.30 Å². The Labute approximate surface area is 213 Å². The van der Waals surface area contributed by atoms with Crippen molar-refractivity contribution in [2.24, 2.45) is 0 Å². The molecule has 0 bridgehead atoms. The monoisotopic (exact) mass is 489 g/mol. The molecule has 0 amide bonds. The van der Waals surface area contributed by atoms with Crippen molar-refractivity contribution in [1.82, 2.24) is 4.57 Å². The molecule has 0 spiro atoms. The fourth-order valence-electron chi connectivity index (χ4n) is 4.93. The summed E-state index contributed by atoms with van der Waals surface area (Å²) in [5.74, 6) is 0.350. The van der Waals surface area contributed by atoms with Crippen LogP contribution in [-0.4, -0.2) is 23.2 Å². The third-order valence-electron chi connectivity index (χ3n) is 6.52. The predicted octanol–water partition coefficient (Wildman–Crippen LogP) is 7.25. The summed E-state index contributed by atoms with van der Waals surface area (Å²) < 4.78 is 7.34. The van der Waals surface area contributed by atoms with Crippen molar-refractivity contribution < 1.29 is 14.3 Å². The average molecular weight is 490 g/mol. The molecule has 1 heterocycles. The van der Waals surface area contributed by atoms with Gasteiger partial charge in [-0.1, -0.05) is 72.3 Å². The minimum absolute atomic E-state index is 0.172. The summed E-state index contributed by atoms with van der Waals surface area (Å²) in [5.41, 5.74) is 5.28. The number of carbonyl (C=O) groups is 2. The van der Waals surface area contributed by atoms with Gasteiger partial charge in [0.2, 0.25) is 0 Å². The van der Waals surface area contributed by atoms with Crippen LogP contribution in [0.2, 0.25) is 5.02 Å². The Hall–Kier alpha value is -4.41. The van der Waals surface area contributed by atoms with Crippen molar-refractivity contribution >= 4 is 23.2 Å². The van der Waals surface area contributed by atoms with Gasteiger partial charge in [0.25, 0.3) is 0 Å². The smallest absolute Gasteiger partial charge is 0.196 e. The van der Waals surface area contributed by atoms with Gasteiger partial charge in [-0.2, -0.15) is 0 Å². The Morgan fingerprint density at radius 1 is 0.639 bits per heavy atom. The van der Waals surface area contributed by atoms with Crippen molar-refractivity contribution in [2.45, 2.75) is 0 Å². The lowest BCUT2D eigenvalue weighted by molar-refractivity contribution is 0.0981. The van der Waals surface area contributed by atoms with Gasteiger partial charge in [-0.3, -0.25) is 9.59 Å². The number of rotatable bonds is 4. The van der Waals surface area contributed by atoms with E-state index in [1.54, 1.807) is 37.4 Å². The van der Waals surface area contributed by atoms with E-state index in [2.05, 4.69) is 0 Å². The lowest BCUT2D eigenvalue weighted by Crippen LogP contribution is -2.20. The maximum Gasteiger partial charge on any atom is 0.196 e. The molecule has 5 aromatic rings. The van der Waals surface area contributed by atoms with Crippen molar-refractivity contribution in [1.29, 1.82) is 0 Å². The summed E-state index contributed by atoms with van der Waals surface area (Å²) in [4.78, 5) is 28.1. The van der Waals surface area contributed by atoms with Crippen LogP contribution in [0.3, 0.4) is 0 Å². The third-order valence-corrected chi connectivity index (χ3v) is 6.75. The number of ketones is 2. The number of aromatic nitrogens is 1. The van der Waals surface area contributed by atoms with Gasteiger partial charge in [-0.05, 0) is 53.6 Å². The first-order valence-electron chi connectivity index (χ1n) is 11.5. The minimum atomic E-state index is -0.177. The van der Waals surface area contributed by atoms with Crippen molar-refractivity contribution in [2.75, 3.05) is 7.11 Å². The largest absolute Gasteiger partial charge is 0.497 e. The maximum absolute atomic E-state index is 14.0. The number of ether oxygens (including phenoxy) is 1. The van der Waals surface area contributed by atoms with E-state index >= 15 is 0 Å². The number of hydrogen-bond acceptors (Lipinski definition) is 3. The Morgan fingerprint density at radius 2 is 1.19 bits per heavy atom. The zero-order valence-electron chi connectivity index (χ0n) is 19.4. The van der Waals surface area contributed by atoms with Crippen LogP contribution < -0.4 is 4.74 Å². The topological polar surface area (TPSA) is 48.3 Å². The van der Waals surface area contributed by atoms with E-state index in [0.29, 0.717) is 44.4 Å². The molecular formula is C31H20ClNO3. The third kappa shape index (κ3) is 3.38. The second kappa shape index (κ2) is 8.67. The van der Waals surface area contributed by atoms with E-state index in [4.69, 9.17) is 16.3 Å². The van der Waals surface area contributed by atoms with Gasteiger partial charge in [-0.25, -0.2) is 0 Å². The first-order chi connectivity index (χ1) is 17.6. The Balaban J connectivity index is 1.79. The molecule has 1 aliphatic rings. The van der Waals surface area contributed by atoms with E-state index < -0.39 is 0 Å². The van der Waals surface area contributed by atoms with Crippen molar-refractivity contribution in [3.8, 4) is 34.0 Å². The van der Waals surface area contributed by atoms with Gasteiger partial charge >= 0.3 is 0 Å². The lowest BCUT2D eigenvalue weighted by atomic mass is 9.83. The highest BCUT2D eigenvalue weighted by atomic mass is 35.5. The average Bonchev–Trinajstić information content (AvgIpc) is 3.29. The second-order valence-corrected chi connectivity index (χ2v) is 9.00. The van der Waals surface area contributed by atoms with E-state index in [0.717, 1.165) is 16.8 Å². The molecule has 0 saturated carbocycles. The van der Waals surface area contributed by atoms with Crippen molar-refractivity contribution in [3.05, 3.63) is 130 Å². The Morgan fingerprint density at radius 3 is 1.75 bits per heavy atom. The number of halogens is 1. The molecule has 4 aromatic carbocycles. The summed E-state index contributed by atoms with van der Waals surface area (Å²) >= 11 is 6.42. The molecule has 1 aliphatic carbocycles. The molecule has 0 fully saturated rings. The summed E-state index contributed by atoms with van der Waals surface area (Å²) in [7, 11) is 1.61. The zero-order valence-corrected chi connectivity index (χ0v) is 20.1. The molecule has 6 rings (SSSR count). The molecule has 0 N–H and O–H groups in total. The molecule has 0 saturated heterocycles. The van der Waals surface area contributed by atoms with Crippen molar-refractivity contribution in [3.63, 3.8) is 0 Å². The van der Waals surface area contributed by atoms with Crippen LogP contribution in [0.4, 0.5) is 0 Å². The molecular weight excluding hydrogens is 470 g/mol. The van der Waals surface area contributed by atoms with Crippen LogP contribution in [0.1, 0.15) is 31.8 Å². The van der Waals surface area contributed by atoms with Crippen LogP contribution in [0.25, 0.3) is 28.2 Å². The minimum Gasteiger partial charge on any atom is -0.497 e. The van der Waals surface area contributed by atoms with E-state index in [1.165, 1.54) is 0 Å². The van der Waals surface area contributed by atoms with Gasteiger partial charge in [0.1, 0.15) is 5.75 Å². The number of benzene rings is 4. The van der Waals surface area contributed by atoms with E-state index in [-0.39, 0.29) is 11.6 Å². The molecule has 5 heteroatoms. The normalized spacial score (nSPS) is 12.3. The molecule has 1 aromatic heterocycles. The van der Waals surface area contributed by atoms with E-state index in [9.17, 15) is 9.59 Å². The summed E-state index contributed by atoms with van der Waals surface area (Å²) in [6.07, 6.45) is 0. The molecule has 36 heavy (non-hydrogen) atoms. The van der Waals surface area contributed by atoms with Gasteiger partial charge in [0, 0.05) is 21.8 Å². The van der Waals surface area contributed by atoms with Gasteiger partial charge in [-0.15, -0.1) is 0 Å². The molecule has 0 aliphatic heterocycles. The number of fused-ring (bicyclic) bond motifs is 2. The highest BCUT2D eigenvalue weighted by Crippen LogP contribution is 2.44. The molecule has 174 valence electrons. The maximum atomic E-state index is 14.0. The zero-order chi connectivity index (χ0) is 24.8. The Bertz CT molecular complexity index is 1650. The number of nitrogens with zero attached hydrogens (tertiary/aromatic N) is 1. The first-order valence-corrected chi connectivity index (χ1v) is 11.9. The van der Waals surface area contributed by atoms with Crippen LogP contribution in [-0.2, 0) is 0 Å². The van der Waals surface area contributed by atoms with Crippen LogP contribution in [0.5, 0.6) is 5.75 Å². The Kier molecular flexibility index (Phi) is 5.32.